The van der Waals surface area contributed by atoms with Crippen molar-refractivity contribution in [1.29, 1.82) is 0 Å². The molecule has 0 atom stereocenters. The number of aliphatic imine (C=N–C) groups is 1. The summed E-state index contributed by atoms with van der Waals surface area (Å²) in [6, 6.07) is 38.2. The van der Waals surface area contributed by atoms with Crippen molar-refractivity contribution in [3.8, 4) is 11.1 Å². The first-order valence-corrected chi connectivity index (χ1v) is 17.8. The first-order chi connectivity index (χ1) is 24.0. The lowest BCUT2D eigenvalue weighted by molar-refractivity contribution is 1.34. The molecule has 0 aromatic heterocycles. The van der Waals surface area contributed by atoms with Crippen molar-refractivity contribution in [2.45, 2.75) is 45.9 Å². The number of nitrogens with zero attached hydrogens (tertiary/aromatic N) is 1. The van der Waals surface area contributed by atoms with Gasteiger partial charge < -0.3 is 0 Å². The van der Waals surface area contributed by atoms with E-state index in [9.17, 15) is 0 Å². The van der Waals surface area contributed by atoms with Crippen molar-refractivity contribution in [2.75, 3.05) is 0 Å². The third-order valence-corrected chi connectivity index (χ3v) is 9.13. The van der Waals surface area contributed by atoms with Gasteiger partial charge in [-0.15, -0.1) is 0 Å². The molecule has 246 valence electrons. The molecule has 1 aliphatic rings. The second kappa shape index (κ2) is 19.0. The van der Waals surface area contributed by atoms with Gasteiger partial charge in [0.2, 0.25) is 0 Å². The summed E-state index contributed by atoms with van der Waals surface area (Å²) in [6.07, 6.45) is 15.5. The van der Waals surface area contributed by atoms with E-state index >= 15 is 0 Å². The van der Waals surface area contributed by atoms with Gasteiger partial charge in [-0.1, -0.05) is 178 Å². The molecular formula is C47H47NS. The molecule has 2 heteroatoms. The van der Waals surface area contributed by atoms with E-state index < -0.39 is 0 Å². The van der Waals surface area contributed by atoms with Crippen LogP contribution in [0, 0.1) is 0 Å². The molecule has 0 N–H and O–H groups in total. The Labute approximate surface area is 298 Å². The summed E-state index contributed by atoms with van der Waals surface area (Å²) < 4.78 is 0. The summed E-state index contributed by atoms with van der Waals surface area (Å²) in [4.78, 5) is 6.37. The van der Waals surface area contributed by atoms with E-state index in [0.29, 0.717) is 0 Å². The Hall–Kier alpha value is -5.18. The molecule has 0 saturated heterocycles. The van der Waals surface area contributed by atoms with Gasteiger partial charge in [0.05, 0.1) is 11.4 Å². The Morgan fingerprint density at radius 3 is 2.08 bits per heavy atom. The normalized spacial score (nSPS) is 15.3. The standard InChI is InChI=1S/C45H41NS.C2H6/c1-6-8-16-33(3)32-47-43-22-15-21-42(31-43)36(7-2)23-28-41-29-30-44(45(41)46-35(5)38-17-11-9-12-18-38)34(4)37-24-26-40(27-25-37)39-19-13-10-14-20-39;1-2/h6-29,31-32H,1,5,30H2,2-4H3;1-2H3/b16-8-,28-23-,33-32+,36-7+,44-34+,46-45?;. The monoisotopic (exact) mass is 657 g/mol. The van der Waals surface area contributed by atoms with Gasteiger partial charge in [-0.05, 0) is 100 Å². The molecule has 49 heavy (non-hydrogen) atoms. The number of thioether (sulfide) groups is 1. The van der Waals surface area contributed by atoms with E-state index in [1.54, 1.807) is 17.8 Å². The minimum absolute atomic E-state index is 0.758. The van der Waals surface area contributed by atoms with Crippen molar-refractivity contribution in [3.63, 3.8) is 0 Å². The highest BCUT2D eigenvalue weighted by molar-refractivity contribution is 8.02. The number of benzene rings is 4. The lowest BCUT2D eigenvalue weighted by Crippen LogP contribution is -2.02. The van der Waals surface area contributed by atoms with E-state index in [1.165, 1.54) is 43.9 Å². The Bertz CT molecular complexity index is 1940. The van der Waals surface area contributed by atoms with E-state index in [0.717, 1.165) is 34.5 Å². The maximum absolute atomic E-state index is 5.18. The van der Waals surface area contributed by atoms with E-state index in [-0.39, 0.29) is 0 Å². The molecule has 0 saturated carbocycles. The summed E-state index contributed by atoms with van der Waals surface area (Å²) >= 11 is 1.73. The Morgan fingerprint density at radius 1 is 0.755 bits per heavy atom. The molecule has 0 fully saturated rings. The third-order valence-electron chi connectivity index (χ3n) is 8.11. The first-order valence-electron chi connectivity index (χ1n) is 16.9. The van der Waals surface area contributed by atoms with Gasteiger partial charge in [-0.3, -0.25) is 0 Å². The number of hydrogen-bond donors (Lipinski definition) is 0. The van der Waals surface area contributed by atoms with Crippen LogP contribution in [0.15, 0.2) is 197 Å². The van der Waals surface area contributed by atoms with Crippen molar-refractivity contribution in [1.82, 2.24) is 0 Å². The van der Waals surface area contributed by atoms with Gasteiger partial charge in [0.25, 0.3) is 0 Å². The molecule has 0 spiro atoms. The van der Waals surface area contributed by atoms with Crippen molar-refractivity contribution < 1.29 is 0 Å². The van der Waals surface area contributed by atoms with E-state index in [2.05, 4.69) is 161 Å². The van der Waals surface area contributed by atoms with Crippen LogP contribution in [0.5, 0.6) is 0 Å². The molecule has 1 aliphatic carbocycles. The smallest absolute Gasteiger partial charge is 0.0744 e. The molecule has 4 aromatic carbocycles. The maximum atomic E-state index is 5.18. The molecule has 5 rings (SSSR count). The molecule has 0 aliphatic heterocycles. The highest BCUT2D eigenvalue weighted by atomic mass is 32.2. The second-order valence-electron chi connectivity index (χ2n) is 11.4. The molecule has 0 unspecified atom stereocenters. The number of rotatable bonds is 11. The fraction of sp³-hybridized carbons (Fsp3) is 0.128. The highest BCUT2D eigenvalue weighted by Gasteiger charge is 2.21. The van der Waals surface area contributed by atoms with Gasteiger partial charge in [0.15, 0.2) is 0 Å². The third kappa shape index (κ3) is 10.2. The van der Waals surface area contributed by atoms with Crippen LogP contribution in [0.1, 0.15) is 57.7 Å². The maximum Gasteiger partial charge on any atom is 0.0744 e. The Balaban J connectivity index is 0.00000265. The number of hydrogen-bond acceptors (Lipinski definition) is 2. The molecule has 0 bridgehead atoms. The molecule has 0 amide bonds. The zero-order valence-corrected chi connectivity index (χ0v) is 30.3. The molecule has 4 aromatic rings. The van der Waals surface area contributed by atoms with Gasteiger partial charge >= 0.3 is 0 Å². The summed E-state index contributed by atoms with van der Waals surface area (Å²) in [5, 5.41) is 2.17. The van der Waals surface area contributed by atoms with E-state index in [4.69, 9.17) is 4.99 Å². The van der Waals surface area contributed by atoms with Crippen molar-refractivity contribution in [2.24, 2.45) is 4.99 Å². The predicted octanol–water partition coefficient (Wildman–Crippen LogP) is 14.0. The Morgan fingerprint density at radius 2 is 1.41 bits per heavy atom. The van der Waals surface area contributed by atoms with Crippen LogP contribution in [0.3, 0.4) is 0 Å². The van der Waals surface area contributed by atoms with Crippen LogP contribution in [0.4, 0.5) is 0 Å². The topological polar surface area (TPSA) is 12.4 Å². The SMILES string of the molecule is C=C/C=C\C(C)=C\Sc1cccc(C(/C=C\C2=CC/C(=C(/C)c3ccc(-c4ccccc4)cc3)C2=NC(=C)c2ccccc2)=C/C)c1.CC. The van der Waals surface area contributed by atoms with Crippen molar-refractivity contribution >= 4 is 34.3 Å². The van der Waals surface area contributed by atoms with Crippen LogP contribution >= 0.6 is 11.8 Å². The summed E-state index contributed by atoms with van der Waals surface area (Å²) in [7, 11) is 0. The molecule has 0 radical (unpaired) electrons. The predicted molar refractivity (Wildman–Crippen MR) is 220 cm³/mol. The zero-order valence-electron chi connectivity index (χ0n) is 29.5. The Kier molecular flexibility index (Phi) is 14.2. The first kappa shape index (κ1) is 36.7. The highest BCUT2D eigenvalue weighted by Crippen LogP contribution is 2.34. The second-order valence-corrected chi connectivity index (χ2v) is 12.3. The van der Waals surface area contributed by atoms with Crippen LogP contribution in [-0.4, -0.2) is 5.71 Å². The van der Waals surface area contributed by atoms with Gasteiger partial charge in [0.1, 0.15) is 0 Å². The van der Waals surface area contributed by atoms with E-state index in [1.807, 2.05) is 38.1 Å². The van der Waals surface area contributed by atoms with Crippen LogP contribution < -0.4 is 0 Å². The number of allylic oxidation sites excluding steroid dienone is 12. The molecular weight excluding hydrogens is 611 g/mol. The summed E-state index contributed by atoms with van der Waals surface area (Å²) in [6.45, 7) is 18.5. The molecule has 0 heterocycles. The van der Waals surface area contributed by atoms with Crippen LogP contribution in [0.25, 0.3) is 28.0 Å². The quantitative estimate of drug-likeness (QED) is 0.115. The van der Waals surface area contributed by atoms with Gasteiger partial charge in [-0.2, -0.15) is 0 Å². The lowest BCUT2D eigenvalue weighted by atomic mass is 9.95. The largest absolute Gasteiger partial charge is 0.248 e. The zero-order chi connectivity index (χ0) is 35.0. The lowest BCUT2D eigenvalue weighted by Gasteiger charge is -2.12. The fourth-order valence-corrected chi connectivity index (χ4v) is 6.20. The fourth-order valence-electron chi connectivity index (χ4n) is 5.44. The van der Waals surface area contributed by atoms with Crippen LogP contribution in [0.2, 0.25) is 0 Å². The van der Waals surface area contributed by atoms with Gasteiger partial charge in [-0.25, -0.2) is 4.99 Å². The minimum Gasteiger partial charge on any atom is -0.248 e. The van der Waals surface area contributed by atoms with Crippen molar-refractivity contribution in [3.05, 3.63) is 204 Å². The average molecular weight is 658 g/mol. The minimum atomic E-state index is 0.758. The molecule has 1 nitrogen and oxygen atoms in total. The summed E-state index contributed by atoms with van der Waals surface area (Å²) in [5.41, 5.74) is 13.5. The van der Waals surface area contributed by atoms with Gasteiger partial charge in [0, 0.05) is 4.90 Å². The van der Waals surface area contributed by atoms with Crippen LogP contribution in [-0.2, 0) is 0 Å². The summed E-state index contributed by atoms with van der Waals surface area (Å²) in [5.74, 6) is 0. The average Bonchev–Trinajstić information content (AvgIpc) is 3.56.